The maximum Gasteiger partial charge on any atom is 0.303 e. The molecular weight excluding hydrogens is 476 g/mol. The molecule has 0 unspecified atom stereocenters. The van der Waals surface area contributed by atoms with E-state index < -0.39 is 70.0 Å². The van der Waals surface area contributed by atoms with Crippen LogP contribution < -0.4 is 5.43 Å². The van der Waals surface area contributed by atoms with Gasteiger partial charge in [0, 0.05) is 33.8 Å². The van der Waals surface area contributed by atoms with Crippen LogP contribution in [0, 0.1) is 20.2 Å². The van der Waals surface area contributed by atoms with E-state index in [1.807, 2.05) is 0 Å². The number of anilines is 1. The molecule has 0 aliphatic rings. The van der Waals surface area contributed by atoms with Gasteiger partial charge in [-0.3, -0.25) is 44.8 Å². The van der Waals surface area contributed by atoms with Crippen LogP contribution >= 0.6 is 0 Å². The zero-order valence-electron chi connectivity index (χ0n) is 19.0. The fourth-order valence-electron chi connectivity index (χ4n) is 2.59. The number of nitrogens with one attached hydrogen (secondary N) is 1. The highest BCUT2D eigenvalue weighted by Gasteiger charge is 2.37. The average molecular weight is 498 g/mol. The summed E-state index contributed by atoms with van der Waals surface area (Å²) in [5.41, 5.74) is 0.822. The number of nitrogens with zero attached hydrogens (tertiary/aromatic N) is 3. The first kappa shape index (κ1) is 28.4. The average Bonchev–Trinajstić information content (AvgIpc) is 2.73. The lowest BCUT2D eigenvalue weighted by atomic mass is 10.1. The van der Waals surface area contributed by atoms with Crippen molar-refractivity contribution in [1.29, 1.82) is 0 Å². The van der Waals surface area contributed by atoms with E-state index in [-0.39, 0.29) is 5.69 Å². The highest BCUT2D eigenvalue weighted by Crippen LogP contribution is 2.29. The molecule has 1 aromatic rings. The number of carbonyl (C=O) groups is 4. The van der Waals surface area contributed by atoms with Gasteiger partial charge in [-0.05, 0) is 6.07 Å². The van der Waals surface area contributed by atoms with Crippen molar-refractivity contribution < 1.29 is 48.0 Å². The summed E-state index contributed by atoms with van der Waals surface area (Å²) in [6.07, 6.45) is -3.62. The van der Waals surface area contributed by atoms with Gasteiger partial charge < -0.3 is 18.9 Å². The van der Waals surface area contributed by atoms with Gasteiger partial charge in [0.15, 0.2) is 18.3 Å². The first-order valence-corrected chi connectivity index (χ1v) is 9.68. The number of non-ortho nitro benzene ring substituents is 1. The molecule has 0 aliphatic heterocycles. The van der Waals surface area contributed by atoms with Crippen molar-refractivity contribution in [2.24, 2.45) is 5.10 Å². The summed E-state index contributed by atoms with van der Waals surface area (Å²) in [5.74, 6) is -3.32. The molecule has 0 amide bonds. The molecule has 1 N–H and O–H groups in total. The Morgan fingerprint density at radius 1 is 0.943 bits per heavy atom. The van der Waals surface area contributed by atoms with Gasteiger partial charge in [0.2, 0.25) is 0 Å². The molecule has 190 valence electrons. The fourth-order valence-corrected chi connectivity index (χ4v) is 2.59. The molecule has 0 bridgehead atoms. The lowest BCUT2D eigenvalue weighted by Gasteiger charge is -2.29. The molecule has 16 nitrogen and oxygen atoms in total. The van der Waals surface area contributed by atoms with Gasteiger partial charge in [0.25, 0.3) is 5.69 Å². The molecule has 1 rings (SSSR count). The van der Waals surface area contributed by atoms with Crippen molar-refractivity contribution in [1.82, 2.24) is 0 Å². The molecule has 3 atom stereocenters. The smallest absolute Gasteiger partial charge is 0.303 e. The number of hydrogen-bond acceptors (Lipinski definition) is 14. The predicted octanol–water partition coefficient (Wildman–Crippen LogP) is 1.26. The number of carbonyl (C=O) groups excluding carboxylic acids is 4. The van der Waals surface area contributed by atoms with E-state index >= 15 is 0 Å². The van der Waals surface area contributed by atoms with E-state index in [0.717, 1.165) is 46.0 Å². The van der Waals surface area contributed by atoms with Crippen molar-refractivity contribution >= 4 is 47.2 Å². The Balaban J connectivity index is 3.33. The number of benzene rings is 1. The lowest BCUT2D eigenvalue weighted by Crippen LogP contribution is -2.48. The topological polar surface area (TPSA) is 216 Å². The minimum Gasteiger partial charge on any atom is -0.462 e. The van der Waals surface area contributed by atoms with Gasteiger partial charge in [-0.2, -0.15) is 5.10 Å². The summed E-state index contributed by atoms with van der Waals surface area (Å²) in [6.45, 7) is 3.59. The maximum absolute atomic E-state index is 11.7. The predicted molar refractivity (Wildman–Crippen MR) is 115 cm³/mol. The number of esters is 4. The molecule has 0 spiro atoms. The number of hydrazone groups is 1. The second-order valence-corrected chi connectivity index (χ2v) is 6.70. The van der Waals surface area contributed by atoms with Crippen LogP contribution in [0.4, 0.5) is 17.1 Å². The summed E-state index contributed by atoms with van der Waals surface area (Å²) in [5, 5.41) is 25.9. The summed E-state index contributed by atoms with van der Waals surface area (Å²) in [7, 11) is 0. The lowest BCUT2D eigenvalue weighted by molar-refractivity contribution is -0.393. The molecule has 0 saturated heterocycles. The Morgan fingerprint density at radius 2 is 1.54 bits per heavy atom. The number of hydrogen-bond donors (Lipinski definition) is 1. The Hall–Kier alpha value is -4.63. The molecule has 35 heavy (non-hydrogen) atoms. The van der Waals surface area contributed by atoms with E-state index in [1.54, 1.807) is 0 Å². The molecule has 0 heterocycles. The SMILES string of the molecule is CC(=O)OC[C@@H](OC(C)=O)[C@@H](OC(C)=O)[C@H](/C=N/Nc1ccc([N+](=O)[O-])cc1[N+](=O)[O-])OC(C)=O. The van der Waals surface area contributed by atoms with Crippen LogP contribution in [0.5, 0.6) is 0 Å². The van der Waals surface area contributed by atoms with E-state index in [2.05, 4.69) is 10.5 Å². The zero-order valence-corrected chi connectivity index (χ0v) is 19.0. The van der Waals surface area contributed by atoms with Crippen LogP contribution in [0.1, 0.15) is 27.7 Å². The molecule has 0 fully saturated rings. The van der Waals surface area contributed by atoms with Crippen molar-refractivity contribution in [3.63, 3.8) is 0 Å². The number of nitro benzene ring substituents is 2. The van der Waals surface area contributed by atoms with Crippen LogP contribution in [0.3, 0.4) is 0 Å². The van der Waals surface area contributed by atoms with E-state index in [1.165, 1.54) is 0 Å². The van der Waals surface area contributed by atoms with Gasteiger partial charge in [-0.15, -0.1) is 0 Å². The van der Waals surface area contributed by atoms with Crippen LogP contribution in [0.25, 0.3) is 0 Å². The van der Waals surface area contributed by atoms with Crippen LogP contribution in [0.15, 0.2) is 23.3 Å². The second kappa shape index (κ2) is 13.2. The Bertz CT molecular complexity index is 1030. The third-order valence-electron chi connectivity index (χ3n) is 3.86. The van der Waals surface area contributed by atoms with Gasteiger partial charge in [0.05, 0.1) is 22.1 Å². The largest absolute Gasteiger partial charge is 0.462 e. The second-order valence-electron chi connectivity index (χ2n) is 6.70. The third-order valence-corrected chi connectivity index (χ3v) is 3.86. The van der Waals surface area contributed by atoms with Crippen molar-refractivity contribution in [2.45, 2.75) is 46.0 Å². The zero-order chi connectivity index (χ0) is 26.7. The Morgan fingerprint density at radius 3 is 2.03 bits per heavy atom. The van der Waals surface area contributed by atoms with Crippen molar-refractivity contribution in [2.75, 3.05) is 12.0 Å². The first-order valence-electron chi connectivity index (χ1n) is 9.68. The molecule has 1 aromatic carbocycles. The third kappa shape index (κ3) is 9.80. The van der Waals surface area contributed by atoms with Crippen LogP contribution in [-0.2, 0) is 38.1 Å². The Kier molecular flexibility index (Phi) is 10.7. The van der Waals surface area contributed by atoms with Crippen LogP contribution in [0.2, 0.25) is 0 Å². The van der Waals surface area contributed by atoms with E-state index in [4.69, 9.17) is 18.9 Å². The molecule has 0 aromatic heterocycles. The van der Waals surface area contributed by atoms with Crippen molar-refractivity contribution in [3.8, 4) is 0 Å². The molecular formula is C19H22N4O12. The van der Waals surface area contributed by atoms with Gasteiger partial charge in [-0.1, -0.05) is 0 Å². The van der Waals surface area contributed by atoms with Crippen molar-refractivity contribution in [3.05, 3.63) is 38.4 Å². The molecule has 0 aliphatic carbocycles. The fraction of sp³-hybridized carbons (Fsp3) is 0.421. The van der Waals surface area contributed by atoms with Gasteiger partial charge in [-0.25, -0.2) is 0 Å². The van der Waals surface area contributed by atoms with Crippen LogP contribution in [-0.4, -0.2) is 64.9 Å². The number of rotatable bonds is 12. The van der Waals surface area contributed by atoms with Gasteiger partial charge in [0.1, 0.15) is 12.3 Å². The Labute approximate surface area is 197 Å². The van der Waals surface area contributed by atoms with E-state index in [9.17, 15) is 39.4 Å². The summed E-state index contributed by atoms with van der Waals surface area (Å²) < 4.78 is 20.1. The first-order chi connectivity index (χ1) is 16.3. The minimum atomic E-state index is -1.54. The molecule has 16 heteroatoms. The summed E-state index contributed by atoms with van der Waals surface area (Å²) in [4.78, 5) is 66.5. The minimum absolute atomic E-state index is 0.251. The summed E-state index contributed by atoms with van der Waals surface area (Å²) in [6, 6.07) is 2.73. The molecule has 0 radical (unpaired) electrons. The summed E-state index contributed by atoms with van der Waals surface area (Å²) >= 11 is 0. The quantitative estimate of drug-likeness (QED) is 0.141. The highest BCUT2D eigenvalue weighted by atomic mass is 16.6. The van der Waals surface area contributed by atoms with Gasteiger partial charge >= 0.3 is 29.6 Å². The number of nitro groups is 2. The molecule has 0 saturated carbocycles. The van der Waals surface area contributed by atoms with E-state index in [0.29, 0.717) is 6.07 Å². The monoisotopic (exact) mass is 498 g/mol. The number of ether oxygens (including phenoxy) is 4. The normalized spacial score (nSPS) is 13.1. The highest BCUT2D eigenvalue weighted by molar-refractivity contribution is 5.75. The maximum atomic E-state index is 11.7. The standard InChI is InChI=1S/C19H22N4O12/c1-10(24)32-9-18(34-12(3)26)19(35-13(4)27)17(33-11(2)25)8-20-21-15-6-5-14(22(28)29)7-16(15)23(30)31/h5-8,17-19,21H,9H2,1-4H3/b20-8+/t17-,18+,19-/m0/s1.